The van der Waals surface area contributed by atoms with Gasteiger partial charge in [0.1, 0.15) is 4.60 Å². The highest BCUT2D eigenvalue weighted by Gasteiger charge is 2.32. The lowest BCUT2D eigenvalue weighted by Gasteiger charge is -2.20. The van der Waals surface area contributed by atoms with E-state index in [-0.39, 0.29) is 0 Å². The predicted molar refractivity (Wildman–Crippen MR) is 77.9 cm³/mol. The summed E-state index contributed by atoms with van der Waals surface area (Å²) in [5, 5.41) is 0. The summed E-state index contributed by atoms with van der Waals surface area (Å²) in [6.07, 6.45) is 1.71. The number of nitrogens with zero attached hydrogens (tertiary/aromatic N) is 3. The lowest BCUT2D eigenvalue weighted by atomic mass is 10.0. The van der Waals surface area contributed by atoms with Crippen LogP contribution >= 0.6 is 15.9 Å². The van der Waals surface area contributed by atoms with Gasteiger partial charge >= 0.3 is 0 Å². The molecule has 0 radical (unpaired) electrons. The summed E-state index contributed by atoms with van der Waals surface area (Å²) < 4.78 is 27.7. The van der Waals surface area contributed by atoms with Crippen LogP contribution in [0.25, 0.3) is 0 Å². The van der Waals surface area contributed by atoms with Gasteiger partial charge < -0.3 is 0 Å². The second-order valence-corrected chi connectivity index (χ2v) is 7.91. The van der Waals surface area contributed by atoms with Crippen molar-refractivity contribution < 1.29 is 8.42 Å². The van der Waals surface area contributed by atoms with E-state index in [1.165, 1.54) is 4.31 Å². The van der Waals surface area contributed by atoms with Crippen molar-refractivity contribution in [2.24, 2.45) is 5.92 Å². The molecule has 1 aliphatic rings. The molecule has 19 heavy (non-hydrogen) atoms. The van der Waals surface area contributed by atoms with Crippen LogP contribution in [0.1, 0.15) is 12.1 Å². The first-order chi connectivity index (χ1) is 8.89. The van der Waals surface area contributed by atoms with Gasteiger partial charge in [0.15, 0.2) is 0 Å². The molecule has 0 saturated carbocycles. The van der Waals surface area contributed by atoms with Crippen molar-refractivity contribution in [2.45, 2.75) is 12.8 Å². The summed E-state index contributed by atoms with van der Waals surface area (Å²) in [6.45, 7) is 1.17. The van der Waals surface area contributed by atoms with Gasteiger partial charge in [0, 0.05) is 32.9 Å². The Labute approximate surface area is 122 Å². The molecular formula is C12H18BrN3O2S. The summed E-state index contributed by atoms with van der Waals surface area (Å²) in [4.78, 5) is 4.40. The molecule has 1 aromatic rings. The van der Waals surface area contributed by atoms with E-state index in [4.69, 9.17) is 0 Å². The Morgan fingerprint density at radius 3 is 2.84 bits per heavy atom. The quantitative estimate of drug-likeness (QED) is 0.776. The molecule has 1 saturated heterocycles. The minimum absolute atomic E-state index is 0.344. The zero-order valence-electron chi connectivity index (χ0n) is 11.1. The Kier molecular flexibility index (Phi) is 4.60. The standard InChI is InChI=1S/C12H18BrN3O2S/c1-15(2)19(17,18)16-7-6-10(9-16)8-11-4-3-5-12(13)14-11/h3-5,10H,6-9H2,1-2H3/t10-/m1/s1. The van der Waals surface area contributed by atoms with Gasteiger partial charge in [-0.15, -0.1) is 0 Å². The maximum absolute atomic E-state index is 12.0. The molecule has 0 aliphatic carbocycles. The van der Waals surface area contributed by atoms with E-state index in [1.807, 2.05) is 18.2 Å². The van der Waals surface area contributed by atoms with Gasteiger partial charge in [-0.05, 0) is 46.8 Å². The Hall–Kier alpha value is -0.500. The normalized spacial score (nSPS) is 21.2. The van der Waals surface area contributed by atoms with E-state index in [0.29, 0.717) is 19.0 Å². The number of hydrogen-bond donors (Lipinski definition) is 0. The van der Waals surface area contributed by atoms with Crippen LogP contribution in [-0.2, 0) is 16.6 Å². The third-order valence-electron chi connectivity index (χ3n) is 3.31. The summed E-state index contributed by atoms with van der Waals surface area (Å²) in [6, 6.07) is 5.82. The maximum atomic E-state index is 12.0. The molecule has 1 fully saturated rings. The Balaban J connectivity index is 2.00. The second-order valence-electron chi connectivity index (χ2n) is 4.96. The van der Waals surface area contributed by atoms with Crippen molar-refractivity contribution in [3.63, 3.8) is 0 Å². The molecule has 0 aromatic carbocycles. The molecule has 0 amide bonds. The number of hydrogen-bond acceptors (Lipinski definition) is 3. The topological polar surface area (TPSA) is 53.5 Å². The molecule has 2 heterocycles. The summed E-state index contributed by atoms with van der Waals surface area (Å²) in [7, 11) is -0.137. The van der Waals surface area contributed by atoms with Crippen molar-refractivity contribution in [1.82, 2.24) is 13.6 Å². The second kappa shape index (κ2) is 5.87. The maximum Gasteiger partial charge on any atom is 0.281 e. The number of aromatic nitrogens is 1. The summed E-state index contributed by atoms with van der Waals surface area (Å²) in [5.41, 5.74) is 1.00. The molecule has 0 spiro atoms. The van der Waals surface area contributed by atoms with Gasteiger partial charge in [0.25, 0.3) is 10.2 Å². The van der Waals surface area contributed by atoms with Gasteiger partial charge in [-0.25, -0.2) is 4.98 Å². The predicted octanol–water partition coefficient (Wildman–Crippen LogP) is 1.51. The van der Waals surface area contributed by atoms with Gasteiger partial charge in [-0.2, -0.15) is 17.0 Å². The lowest BCUT2D eigenvalue weighted by Crippen LogP contribution is -2.38. The van der Waals surface area contributed by atoms with Crippen LogP contribution in [0.4, 0.5) is 0 Å². The van der Waals surface area contributed by atoms with Crippen LogP contribution < -0.4 is 0 Å². The number of pyridine rings is 1. The van der Waals surface area contributed by atoms with Crippen molar-refractivity contribution >= 4 is 26.1 Å². The first-order valence-electron chi connectivity index (χ1n) is 6.18. The minimum Gasteiger partial charge on any atom is -0.246 e. The van der Waals surface area contributed by atoms with Crippen LogP contribution in [0.3, 0.4) is 0 Å². The van der Waals surface area contributed by atoms with Crippen LogP contribution in [0.5, 0.6) is 0 Å². The van der Waals surface area contributed by atoms with E-state index < -0.39 is 10.2 Å². The molecule has 7 heteroatoms. The zero-order valence-corrected chi connectivity index (χ0v) is 13.5. The first kappa shape index (κ1) is 14.9. The highest BCUT2D eigenvalue weighted by atomic mass is 79.9. The van der Waals surface area contributed by atoms with Crippen molar-refractivity contribution in [3.05, 3.63) is 28.5 Å². The monoisotopic (exact) mass is 347 g/mol. The number of halogens is 1. The van der Waals surface area contributed by atoms with Crippen molar-refractivity contribution in [2.75, 3.05) is 27.2 Å². The van der Waals surface area contributed by atoms with Crippen molar-refractivity contribution in [3.8, 4) is 0 Å². The first-order valence-corrected chi connectivity index (χ1v) is 8.37. The van der Waals surface area contributed by atoms with Crippen LogP contribution in [0.2, 0.25) is 0 Å². The highest BCUT2D eigenvalue weighted by molar-refractivity contribution is 9.10. The highest BCUT2D eigenvalue weighted by Crippen LogP contribution is 2.23. The van der Waals surface area contributed by atoms with Crippen LogP contribution in [-0.4, -0.2) is 49.2 Å². The molecule has 1 aromatic heterocycles. The molecular weight excluding hydrogens is 330 g/mol. The minimum atomic E-state index is -3.27. The fourth-order valence-corrected chi connectivity index (χ4v) is 3.84. The third-order valence-corrected chi connectivity index (χ3v) is 5.66. The lowest BCUT2D eigenvalue weighted by molar-refractivity contribution is 0.409. The summed E-state index contributed by atoms with van der Waals surface area (Å²) in [5.74, 6) is 0.344. The largest absolute Gasteiger partial charge is 0.281 e. The zero-order chi connectivity index (χ0) is 14.0. The average molecular weight is 348 g/mol. The van der Waals surface area contributed by atoms with Crippen LogP contribution in [0.15, 0.2) is 22.8 Å². The molecule has 106 valence electrons. The van der Waals surface area contributed by atoms with Gasteiger partial charge in [0.2, 0.25) is 0 Å². The fraction of sp³-hybridized carbons (Fsp3) is 0.583. The molecule has 0 unspecified atom stereocenters. The Bertz CT molecular complexity index is 548. The third kappa shape index (κ3) is 3.53. The van der Waals surface area contributed by atoms with Gasteiger partial charge in [-0.1, -0.05) is 6.07 Å². The SMILES string of the molecule is CN(C)S(=O)(=O)N1CC[C@H](Cc2cccc(Br)n2)C1. The van der Waals surface area contributed by atoms with E-state index in [0.717, 1.165) is 23.1 Å². The molecule has 1 atom stereocenters. The number of rotatable bonds is 4. The molecule has 1 aliphatic heterocycles. The molecule has 0 N–H and O–H groups in total. The molecule has 5 nitrogen and oxygen atoms in total. The Morgan fingerprint density at radius 2 is 2.21 bits per heavy atom. The summed E-state index contributed by atoms with van der Waals surface area (Å²) >= 11 is 3.35. The van der Waals surface area contributed by atoms with E-state index >= 15 is 0 Å². The smallest absolute Gasteiger partial charge is 0.246 e. The van der Waals surface area contributed by atoms with Gasteiger partial charge in [-0.3, -0.25) is 0 Å². The van der Waals surface area contributed by atoms with Crippen LogP contribution in [0, 0.1) is 5.92 Å². The van der Waals surface area contributed by atoms with E-state index in [1.54, 1.807) is 18.4 Å². The van der Waals surface area contributed by atoms with Crippen molar-refractivity contribution in [1.29, 1.82) is 0 Å². The van der Waals surface area contributed by atoms with E-state index in [9.17, 15) is 8.42 Å². The molecule has 2 rings (SSSR count). The van der Waals surface area contributed by atoms with Gasteiger partial charge in [0.05, 0.1) is 0 Å². The van der Waals surface area contributed by atoms with E-state index in [2.05, 4.69) is 20.9 Å². The molecule has 0 bridgehead atoms. The average Bonchev–Trinajstić information content (AvgIpc) is 2.78. The Morgan fingerprint density at radius 1 is 1.47 bits per heavy atom. The fourth-order valence-electron chi connectivity index (χ4n) is 2.26.